The number of pyridine rings is 1. The summed E-state index contributed by atoms with van der Waals surface area (Å²) in [5.41, 5.74) is 5.46. The van der Waals surface area contributed by atoms with E-state index in [1.165, 1.54) is 0 Å². The largest absolute Gasteiger partial charge is 0.409 e. The third kappa shape index (κ3) is 4.09. The van der Waals surface area contributed by atoms with Gasteiger partial charge < -0.3 is 10.9 Å². The zero-order chi connectivity index (χ0) is 11.3. The lowest BCUT2D eigenvalue weighted by atomic mass is 10.2. The van der Waals surface area contributed by atoms with E-state index in [0.29, 0.717) is 0 Å². The molecule has 3 N–H and O–H groups in total. The molecule has 1 aromatic heterocycles. The molecule has 0 saturated heterocycles. The molecule has 0 aliphatic rings. The van der Waals surface area contributed by atoms with Crippen LogP contribution in [0.4, 0.5) is 0 Å². The van der Waals surface area contributed by atoms with Crippen LogP contribution in [0.1, 0.15) is 6.92 Å². The third-order valence-electron chi connectivity index (χ3n) is 1.80. The minimum absolute atomic E-state index is 0.0328. The van der Waals surface area contributed by atoms with Crippen molar-refractivity contribution in [1.29, 1.82) is 0 Å². The van der Waals surface area contributed by atoms with Crippen molar-refractivity contribution in [2.24, 2.45) is 16.8 Å². The molecule has 0 aliphatic carbocycles. The van der Waals surface area contributed by atoms with Gasteiger partial charge in [0.05, 0.1) is 5.03 Å². The molecule has 0 radical (unpaired) electrons. The number of nitrogens with zero attached hydrogens (tertiary/aromatic N) is 2. The fourth-order valence-electron chi connectivity index (χ4n) is 0.842. The van der Waals surface area contributed by atoms with Crippen molar-refractivity contribution < 1.29 is 5.21 Å². The van der Waals surface area contributed by atoms with Crippen molar-refractivity contribution in [1.82, 2.24) is 4.98 Å². The Morgan fingerprint density at radius 2 is 2.47 bits per heavy atom. The summed E-state index contributed by atoms with van der Waals surface area (Å²) in [6.45, 7) is 1.90. The Hall–Kier alpha value is -0.750. The first-order chi connectivity index (χ1) is 7.13. The van der Waals surface area contributed by atoms with Gasteiger partial charge in [-0.2, -0.15) is 0 Å². The summed E-state index contributed by atoms with van der Waals surface area (Å²) >= 11 is 4.89. The van der Waals surface area contributed by atoms with Crippen LogP contribution < -0.4 is 5.73 Å². The molecule has 1 heterocycles. The van der Waals surface area contributed by atoms with Crippen LogP contribution in [0.25, 0.3) is 0 Å². The summed E-state index contributed by atoms with van der Waals surface area (Å²) in [6, 6.07) is 3.86. The standard InChI is InChI=1S/C9H12BrN3OS/c1-6(9(11)13-14)5-15-8-3-2-7(10)4-12-8/h2-4,6,14H,5H2,1H3,(H2,11,13). The van der Waals surface area contributed by atoms with Crippen LogP contribution in [0.15, 0.2) is 33.0 Å². The first-order valence-electron chi connectivity index (χ1n) is 4.35. The average Bonchev–Trinajstić information content (AvgIpc) is 2.26. The smallest absolute Gasteiger partial charge is 0.142 e. The van der Waals surface area contributed by atoms with Gasteiger partial charge in [-0.25, -0.2) is 4.98 Å². The molecule has 1 unspecified atom stereocenters. The van der Waals surface area contributed by atoms with Gasteiger partial charge in [0.1, 0.15) is 5.84 Å². The number of rotatable bonds is 4. The monoisotopic (exact) mass is 289 g/mol. The molecule has 82 valence electrons. The number of hydrogen-bond acceptors (Lipinski definition) is 4. The Labute approximate surface area is 101 Å². The lowest BCUT2D eigenvalue weighted by Crippen LogP contribution is -2.22. The molecule has 0 bridgehead atoms. The van der Waals surface area contributed by atoms with E-state index >= 15 is 0 Å². The van der Waals surface area contributed by atoms with Crippen LogP contribution in [-0.4, -0.2) is 21.8 Å². The first kappa shape index (κ1) is 12.3. The van der Waals surface area contributed by atoms with Gasteiger partial charge in [-0.1, -0.05) is 12.1 Å². The minimum atomic E-state index is 0.0328. The Morgan fingerprint density at radius 1 is 1.73 bits per heavy atom. The van der Waals surface area contributed by atoms with Crippen LogP contribution in [0.3, 0.4) is 0 Å². The van der Waals surface area contributed by atoms with E-state index in [9.17, 15) is 0 Å². The number of amidine groups is 1. The molecule has 0 fully saturated rings. The Balaban J connectivity index is 2.47. The van der Waals surface area contributed by atoms with Crippen LogP contribution in [0.5, 0.6) is 0 Å². The van der Waals surface area contributed by atoms with E-state index in [1.807, 2.05) is 19.1 Å². The lowest BCUT2D eigenvalue weighted by molar-refractivity contribution is 0.315. The second kappa shape index (κ2) is 5.97. The summed E-state index contributed by atoms with van der Waals surface area (Å²) < 4.78 is 0.955. The number of hydrogen-bond donors (Lipinski definition) is 2. The van der Waals surface area contributed by atoms with Gasteiger partial charge in [0.15, 0.2) is 0 Å². The highest BCUT2D eigenvalue weighted by molar-refractivity contribution is 9.10. The molecule has 0 aromatic carbocycles. The first-order valence-corrected chi connectivity index (χ1v) is 6.13. The zero-order valence-corrected chi connectivity index (χ0v) is 10.6. The summed E-state index contributed by atoms with van der Waals surface area (Å²) in [4.78, 5) is 4.21. The third-order valence-corrected chi connectivity index (χ3v) is 3.47. The summed E-state index contributed by atoms with van der Waals surface area (Å²) in [5.74, 6) is 1.02. The minimum Gasteiger partial charge on any atom is -0.409 e. The maximum atomic E-state index is 8.47. The lowest BCUT2D eigenvalue weighted by Gasteiger charge is -2.08. The molecular weight excluding hydrogens is 278 g/mol. The van der Waals surface area contributed by atoms with Gasteiger partial charge in [0.25, 0.3) is 0 Å². The maximum absolute atomic E-state index is 8.47. The molecule has 1 atom stereocenters. The Bertz CT molecular complexity index is 342. The molecule has 6 heteroatoms. The maximum Gasteiger partial charge on any atom is 0.142 e. The van der Waals surface area contributed by atoms with Gasteiger partial charge >= 0.3 is 0 Å². The van der Waals surface area contributed by atoms with Gasteiger partial charge in [-0.05, 0) is 28.1 Å². The zero-order valence-electron chi connectivity index (χ0n) is 8.22. The predicted molar refractivity (Wildman–Crippen MR) is 65.2 cm³/mol. The topological polar surface area (TPSA) is 71.5 Å². The van der Waals surface area contributed by atoms with Gasteiger partial charge in [-0.15, -0.1) is 11.8 Å². The second-order valence-electron chi connectivity index (χ2n) is 3.05. The Morgan fingerprint density at radius 3 is 3.00 bits per heavy atom. The molecule has 15 heavy (non-hydrogen) atoms. The van der Waals surface area contributed by atoms with E-state index in [4.69, 9.17) is 10.9 Å². The van der Waals surface area contributed by atoms with Gasteiger partial charge in [-0.3, -0.25) is 0 Å². The van der Waals surface area contributed by atoms with Crippen molar-refractivity contribution in [2.75, 3.05) is 5.75 Å². The van der Waals surface area contributed by atoms with Crippen LogP contribution in [0.2, 0.25) is 0 Å². The molecule has 0 spiro atoms. The van der Waals surface area contributed by atoms with E-state index < -0.39 is 0 Å². The SMILES string of the molecule is CC(CSc1ccc(Br)cn1)C(N)=NO. The van der Waals surface area contributed by atoms with Crippen molar-refractivity contribution in [2.45, 2.75) is 11.9 Å². The van der Waals surface area contributed by atoms with E-state index in [2.05, 4.69) is 26.1 Å². The van der Waals surface area contributed by atoms with Crippen LogP contribution in [0, 0.1) is 5.92 Å². The van der Waals surface area contributed by atoms with Crippen molar-refractivity contribution in [3.05, 3.63) is 22.8 Å². The normalized spacial score (nSPS) is 13.9. The quantitative estimate of drug-likeness (QED) is 0.293. The van der Waals surface area contributed by atoms with Crippen molar-refractivity contribution >= 4 is 33.5 Å². The molecule has 1 rings (SSSR count). The highest BCUT2D eigenvalue weighted by Crippen LogP contribution is 2.19. The molecule has 0 saturated carbocycles. The number of thioether (sulfide) groups is 1. The highest BCUT2D eigenvalue weighted by Gasteiger charge is 2.08. The molecule has 1 aromatic rings. The second-order valence-corrected chi connectivity index (χ2v) is 5.01. The molecule has 4 nitrogen and oxygen atoms in total. The van der Waals surface area contributed by atoms with E-state index in [1.54, 1.807) is 18.0 Å². The average molecular weight is 290 g/mol. The number of oxime groups is 1. The Kier molecular flexibility index (Phi) is 4.90. The van der Waals surface area contributed by atoms with Gasteiger partial charge in [0.2, 0.25) is 0 Å². The fourth-order valence-corrected chi connectivity index (χ4v) is 1.96. The van der Waals surface area contributed by atoms with Gasteiger partial charge in [0, 0.05) is 22.3 Å². The fraction of sp³-hybridized carbons (Fsp3) is 0.333. The van der Waals surface area contributed by atoms with Crippen LogP contribution >= 0.6 is 27.7 Å². The highest BCUT2D eigenvalue weighted by atomic mass is 79.9. The summed E-state index contributed by atoms with van der Waals surface area (Å²) in [7, 11) is 0. The van der Waals surface area contributed by atoms with Crippen LogP contribution in [-0.2, 0) is 0 Å². The van der Waals surface area contributed by atoms with E-state index in [0.717, 1.165) is 15.3 Å². The summed E-state index contributed by atoms with van der Waals surface area (Å²) in [6.07, 6.45) is 1.75. The van der Waals surface area contributed by atoms with Crippen molar-refractivity contribution in [3.63, 3.8) is 0 Å². The van der Waals surface area contributed by atoms with Crippen molar-refractivity contribution in [3.8, 4) is 0 Å². The summed E-state index contributed by atoms with van der Waals surface area (Å²) in [5, 5.41) is 12.4. The number of aromatic nitrogens is 1. The molecule has 0 aliphatic heterocycles. The predicted octanol–water partition coefficient (Wildman–Crippen LogP) is 2.32. The molecule has 0 amide bonds. The number of nitrogens with two attached hydrogens (primary N) is 1. The van der Waals surface area contributed by atoms with E-state index in [-0.39, 0.29) is 11.8 Å². The molecular formula is C9H12BrN3OS. The number of halogens is 1.